The maximum atomic E-state index is 12.7. The Kier molecular flexibility index (Phi) is 4.60. The molecule has 0 saturated heterocycles. The average molecular weight is 284 g/mol. The van der Waals surface area contributed by atoms with E-state index in [1.54, 1.807) is 17.0 Å². The zero-order chi connectivity index (χ0) is 15.4. The van der Waals surface area contributed by atoms with Gasteiger partial charge in [0.15, 0.2) is 0 Å². The molecule has 0 spiro atoms. The van der Waals surface area contributed by atoms with Crippen molar-refractivity contribution in [3.63, 3.8) is 0 Å². The topological polar surface area (TPSA) is 66.6 Å². The van der Waals surface area contributed by atoms with Gasteiger partial charge in [0.25, 0.3) is 5.91 Å². The number of hydrogen-bond acceptors (Lipinski definition) is 3. The van der Waals surface area contributed by atoms with Crippen LogP contribution in [-0.2, 0) is 6.54 Å². The van der Waals surface area contributed by atoms with Crippen molar-refractivity contribution in [3.05, 3.63) is 59.2 Å². The summed E-state index contributed by atoms with van der Waals surface area (Å²) in [6, 6.07) is 12.4. The third-order valence-electron chi connectivity index (χ3n) is 3.49. The van der Waals surface area contributed by atoms with E-state index in [1.165, 1.54) is 6.07 Å². The van der Waals surface area contributed by atoms with Gasteiger partial charge in [-0.25, -0.2) is 0 Å². The van der Waals surface area contributed by atoms with Crippen LogP contribution in [0.15, 0.2) is 42.5 Å². The van der Waals surface area contributed by atoms with E-state index in [0.29, 0.717) is 18.7 Å². The summed E-state index contributed by atoms with van der Waals surface area (Å²) < 4.78 is 0. The standard InChI is InChI=1S/C17H20N2O2/c1-3-19(14-6-4-13(11-18)5-7-14)17(21)16-9-8-15(20)10-12(16)2/h4-10,20H,3,11,18H2,1-2H3. The van der Waals surface area contributed by atoms with Crippen molar-refractivity contribution < 1.29 is 9.90 Å². The molecule has 0 fully saturated rings. The molecule has 3 N–H and O–H groups in total. The Bertz CT molecular complexity index is 636. The number of nitrogens with two attached hydrogens (primary N) is 1. The van der Waals surface area contributed by atoms with Gasteiger partial charge in [0, 0.05) is 24.3 Å². The van der Waals surface area contributed by atoms with Gasteiger partial charge in [0.1, 0.15) is 5.75 Å². The molecule has 0 radical (unpaired) electrons. The second kappa shape index (κ2) is 6.41. The number of aromatic hydroxyl groups is 1. The van der Waals surface area contributed by atoms with Crippen molar-refractivity contribution in [1.29, 1.82) is 0 Å². The molecular weight excluding hydrogens is 264 g/mol. The van der Waals surface area contributed by atoms with Crippen molar-refractivity contribution >= 4 is 11.6 Å². The summed E-state index contributed by atoms with van der Waals surface area (Å²) in [5.74, 6) is 0.0925. The van der Waals surface area contributed by atoms with Crippen molar-refractivity contribution in [2.75, 3.05) is 11.4 Å². The zero-order valence-electron chi connectivity index (χ0n) is 12.3. The summed E-state index contributed by atoms with van der Waals surface area (Å²) in [5.41, 5.74) is 8.82. The molecule has 0 aliphatic rings. The lowest BCUT2D eigenvalue weighted by atomic mass is 10.1. The highest BCUT2D eigenvalue weighted by Crippen LogP contribution is 2.21. The molecule has 0 atom stereocenters. The normalized spacial score (nSPS) is 10.4. The van der Waals surface area contributed by atoms with Crippen LogP contribution in [-0.4, -0.2) is 17.6 Å². The minimum atomic E-state index is -0.0736. The van der Waals surface area contributed by atoms with Gasteiger partial charge in [-0.05, 0) is 55.3 Å². The monoisotopic (exact) mass is 284 g/mol. The van der Waals surface area contributed by atoms with Crippen molar-refractivity contribution in [3.8, 4) is 5.75 Å². The smallest absolute Gasteiger partial charge is 0.258 e. The molecule has 0 unspecified atom stereocenters. The van der Waals surface area contributed by atoms with Crippen LogP contribution in [0.2, 0.25) is 0 Å². The highest BCUT2D eigenvalue weighted by atomic mass is 16.3. The summed E-state index contributed by atoms with van der Waals surface area (Å²) in [6.07, 6.45) is 0. The number of benzene rings is 2. The SMILES string of the molecule is CCN(C(=O)c1ccc(O)cc1C)c1ccc(CN)cc1. The molecule has 110 valence electrons. The van der Waals surface area contributed by atoms with Crippen LogP contribution in [0, 0.1) is 6.92 Å². The quantitative estimate of drug-likeness (QED) is 0.907. The fraction of sp³-hybridized carbons (Fsp3) is 0.235. The van der Waals surface area contributed by atoms with Crippen molar-refractivity contribution in [2.45, 2.75) is 20.4 Å². The number of rotatable bonds is 4. The number of amides is 1. The Hall–Kier alpha value is -2.33. The van der Waals surface area contributed by atoms with E-state index < -0.39 is 0 Å². The lowest BCUT2D eigenvalue weighted by molar-refractivity contribution is 0.0987. The van der Waals surface area contributed by atoms with Gasteiger partial charge < -0.3 is 15.7 Å². The van der Waals surface area contributed by atoms with Gasteiger partial charge in [-0.1, -0.05) is 12.1 Å². The molecule has 0 aliphatic heterocycles. The average Bonchev–Trinajstić information content (AvgIpc) is 2.48. The number of carbonyl (C=O) groups is 1. The Morgan fingerprint density at radius 2 is 1.86 bits per heavy atom. The van der Waals surface area contributed by atoms with Crippen LogP contribution in [0.25, 0.3) is 0 Å². The third kappa shape index (κ3) is 3.23. The molecule has 2 rings (SSSR count). The summed E-state index contributed by atoms with van der Waals surface area (Å²) in [4.78, 5) is 14.4. The first kappa shape index (κ1) is 15.1. The molecule has 0 heterocycles. The summed E-state index contributed by atoms with van der Waals surface area (Å²) in [5, 5.41) is 9.45. The summed E-state index contributed by atoms with van der Waals surface area (Å²) >= 11 is 0. The molecule has 2 aromatic rings. The van der Waals surface area contributed by atoms with Crippen molar-refractivity contribution in [2.24, 2.45) is 5.73 Å². The predicted molar refractivity (Wildman–Crippen MR) is 84.5 cm³/mol. The number of nitrogens with zero attached hydrogens (tertiary/aromatic N) is 1. The summed E-state index contributed by atoms with van der Waals surface area (Å²) in [6.45, 7) is 4.81. The number of aryl methyl sites for hydroxylation is 1. The van der Waals surface area contributed by atoms with Crippen LogP contribution in [0.3, 0.4) is 0 Å². The van der Waals surface area contributed by atoms with E-state index in [0.717, 1.165) is 16.8 Å². The molecular formula is C17H20N2O2. The first-order valence-electron chi connectivity index (χ1n) is 6.97. The van der Waals surface area contributed by atoms with Gasteiger partial charge in [-0.15, -0.1) is 0 Å². The molecule has 4 heteroatoms. The number of carbonyl (C=O) groups excluding carboxylic acids is 1. The molecule has 1 amide bonds. The first-order valence-corrected chi connectivity index (χ1v) is 6.97. The highest BCUT2D eigenvalue weighted by molar-refractivity contribution is 6.07. The van der Waals surface area contributed by atoms with E-state index in [4.69, 9.17) is 5.73 Å². The molecule has 0 bridgehead atoms. The van der Waals surface area contributed by atoms with E-state index in [9.17, 15) is 9.90 Å². The fourth-order valence-corrected chi connectivity index (χ4v) is 2.29. The molecule has 2 aromatic carbocycles. The van der Waals surface area contributed by atoms with Gasteiger partial charge in [-0.3, -0.25) is 4.79 Å². The van der Waals surface area contributed by atoms with Crippen LogP contribution < -0.4 is 10.6 Å². The molecule has 0 saturated carbocycles. The Labute approximate surface area is 124 Å². The minimum Gasteiger partial charge on any atom is -0.508 e. The molecule has 21 heavy (non-hydrogen) atoms. The van der Waals surface area contributed by atoms with E-state index in [1.807, 2.05) is 38.1 Å². The molecule has 0 aromatic heterocycles. The van der Waals surface area contributed by atoms with Crippen molar-refractivity contribution in [1.82, 2.24) is 0 Å². The van der Waals surface area contributed by atoms with Gasteiger partial charge in [0.2, 0.25) is 0 Å². The largest absolute Gasteiger partial charge is 0.508 e. The fourth-order valence-electron chi connectivity index (χ4n) is 2.29. The second-order valence-corrected chi connectivity index (χ2v) is 4.92. The Morgan fingerprint density at radius 3 is 2.38 bits per heavy atom. The third-order valence-corrected chi connectivity index (χ3v) is 3.49. The van der Waals surface area contributed by atoms with Gasteiger partial charge >= 0.3 is 0 Å². The van der Waals surface area contributed by atoms with E-state index in [2.05, 4.69) is 0 Å². The summed E-state index contributed by atoms with van der Waals surface area (Å²) in [7, 11) is 0. The lowest BCUT2D eigenvalue weighted by Gasteiger charge is -2.22. The van der Waals surface area contributed by atoms with E-state index >= 15 is 0 Å². The number of anilines is 1. The van der Waals surface area contributed by atoms with Crippen LogP contribution in [0.4, 0.5) is 5.69 Å². The predicted octanol–water partition coefficient (Wildman–Crippen LogP) is 2.83. The highest BCUT2D eigenvalue weighted by Gasteiger charge is 2.18. The van der Waals surface area contributed by atoms with E-state index in [-0.39, 0.29) is 11.7 Å². The lowest BCUT2D eigenvalue weighted by Crippen LogP contribution is -2.31. The zero-order valence-corrected chi connectivity index (χ0v) is 12.3. The Morgan fingerprint density at radius 1 is 1.19 bits per heavy atom. The van der Waals surface area contributed by atoms with Crippen LogP contribution >= 0.6 is 0 Å². The number of phenols is 1. The number of phenolic OH excluding ortho intramolecular Hbond substituents is 1. The Balaban J connectivity index is 2.33. The van der Waals surface area contributed by atoms with Gasteiger partial charge in [-0.2, -0.15) is 0 Å². The first-order chi connectivity index (χ1) is 10.1. The maximum absolute atomic E-state index is 12.7. The maximum Gasteiger partial charge on any atom is 0.258 e. The molecule has 4 nitrogen and oxygen atoms in total. The second-order valence-electron chi connectivity index (χ2n) is 4.92. The van der Waals surface area contributed by atoms with Crippen LogP contribution in [0.1, 0.15) is 28.4 Å². The minimum absolute atomic E-state index is 0.0736. The number of hydrogen-bond donors (Lipinski definition) is 2. The molecule has 0 aliphatic carbocycles. The van der Waals surface area contributed by atoms with Crippen LogP contribution in [0.5, 0.6) is 5.75 Å². The van der Waals surface area contributed by atoms with Gasteiger partial charge in [0.05, 0.1) is 0 Å².